The third-order valence-electron chi connectivity index (χ3n) is 3.40. The Labute approximate surface area is 137 Å². The Balaban J connectivity index is 1.95. The Morgan fingerprint density at radius 1 is 1.09 bits per heavy atom. The largest absolute Gasteiger partial charge is 0.491 e. The second-order valence-electron chi connectivity index (χ2n) is 5.86. The summed E-state index contributed by atoms with van der Waals surface area (Å²) < 4.78 is 5.63. The van der Waals surface area contributed by atoms with Crippen LogP contribution in [-0.4, -0.2) is 18.6 Å². The van der Waals surface area contributed by atoms with Crippen LogP contribution in [0.2, 0.25) is 0 Å². The van der Waals surface area contributed by atoms with Gasteiger partial charge >= 0.3 is 0 Å². The summed E-state index contributed by atoms with van der Waals surface area (Å²) in [5, 5.41) is 6.09. The summed E-state index contributed by atoms with van der Waals surface area (Å²) in [6, 6.07) is 13.5. The highest BCUT2D eigenvalue weighted by Gasteiger charge is 2.07. The van der Waals surface area contributed by atoms with Crippen LogP contribution in [0.5, 0.6) is 5.75 Å². The van der Waals surface area contributed by atoms with Crippen LogP contribution >= 0.6 is 0 Å². The second kappa shape index (κ2) is 7.68. The summed E-state index contributed by atoms with van der Waals surface area (Å²) >= 11 is 0. The van der Waals surface area contributed by atoms with E-state index in [1.54, 1.807) is 0 Å². The molecule has 0 saturated heterocycles. The van der Waals surface area contributed by atoms with E-state index in [0.717, 1.165) is 28.3 Å². The molecule has 23 heavy (non-hydrogen) atoms. The van der Waals surface area contributed by atoms with Gasteiger partial charge in [-0.3, -0.25) is 4.79 Å². The molecule has 0 saturated carbocycles. The minimum Gasteiger partial charge on any atom is -0.491 e. The molecule has 2 aromatic carbocycles. The van der Waals surface area contributed by atoms with E-state index >= 15 is 0 Å². The zero-order chi connectivity index (χ0) is 16.8. The van der Waals surface area contributed by atoms with Crippen molar-refractivity contribution >= 4 is 17.3 Å². The van der Waals surface area contributed by atoms with E-state index in [4.69, 9.17) is 4.74 Å². The van der Waals surface area contributed by atoms with Gasteiger partial charge in [0.1, 0.15) is 5.75 Å². The fourth-order valence-corrected chi connectivity index (χ4v) is 2.39. The van der Waals surface area contributed by atoms with Crippen molar-refractivity contribution in [1.29, 1.82) is 0 Å². The average molecular weight is 312 g/mol. The third kappa shape index (κ3) is 5.02. The first-order valence-corrected chi connectivity index (χ1v) is 7.82. The molecular weight excluding hydrogens is 288 g/mol. The SMILES string of the molecule is Cc1cccc(C)c1NCC(=O)Nc1cccc(OC(C)C)c1. The Bertz CT molecular complexity index is 661. The molecule has 2 rings (SSSR count). The summed E-state index contributed by atoms with van der Waals surface area (Å²) in [4.78, 5) is 12.1. The predicted octanol–water partition coefficient (Wildman–Crippen LogP) is 4.14. The minimum absolute atomic E-state index is 0.0886. The number of hydrogen-bond acceptors (Lipinski definition) is 3. The summed E-state index contributed by atoms with van der Waals surface area (Å²) in [5.41, 5.74) is 4.01. The monoisotopic (exact) mass is 312 g/mol. The highest BCUT2D eigenvalue weighted by Crippen LogP contribution is 2.20. The highest BCUT2D eigenvalue weighted by atomic mass is 16.5. The van der Waals surface area contributed by atoms with Gasteiger partial charge < -0.3 is 15.4 Å². The lowest BCUT2D eigenvalue weighted by Gasteiger charge is -2.13. The van der Waals surface area contributed by atoms with E-state index in [1.807, 2.05) is 70.2 Å². The van der Waals surface area contributed by atoms with E-state index in [2.05, 4.69) is 10.6 Å². The van der Waals surface area contributed by atoms with Crippen LogP contribution in [0.1, 0.15) is 25.0 Å². The van der Waals surface area contributed by atoms with Crippen LogP contribution in [0.3, 0.4) is 0 Å². The van der Waals surface area contributed by atoms with Crippen molar-refractivity contribution in [3.05, 3.63) is 53.6 Å². The van der Waals surface area contributed by atoms with Crippen molar-refractivity contribution in [2.45, 2.75) is 33.8 Å². The number of anilines is 2. The molecule has 0 spiro atoms. The molecule has 0 aromatic heterocycles. The lowest BCUT2D eigenvalue weighted by molar-refractivity contribution is -0.114. The molecule has 4 heteroatoms. The normalized spacial score (nSPS) is 10.5. The smallest absolute Gasteiger partial charge is 0.243 e. The molecule has 0 atom stereocenters. The topological polar surface area (TPSA) is 50.4 Å². The van der Waals surface area contributed by atoms with Gasteiger partial charge in [0.05, 0.1) is 12.6 Å². The number of ether oxygens (including phenoxy) is 1. The Kier molecular flexibility index (Phi) is 5.63. The Hall–Kier alpha value is -2.49. The van der Waals surface area contributed by atoms with E-state index in [-0.39, 0.29) is 18.6 Å². The van der Waals surface area contributed by atoms with Crippen LogP contribution in [0, 0.1) is 13.8 Å². The van der Waals surface area contributed by atoms with Crippen LogP contribution in [0.4, 0.5) is 11.4 Å². The molecule has 0 fully saturated rings. The molecule has 2 aromatic rings. The number of carbonyl (C=O) groups excluding carboxylic acids is 1. The molecule has 4 nitrogen and oxygen atoms in total. The lowest BCUT2D eigenvalue weighted by Crippen LogP contribution is -2.22. The molecular formula is C19H24N2O2. The Morgan fingerprint density at radius 2 is 1.74 bits per heavy atom. The number of rotatable bonds is 6. The molecule has 122 valence electrons. The number of carbonyl (C=O) groups is 1. The van der Waals surface area contributed by atoms with E-state index in [0.29, 0.717) is 0 Å². The number of para-hydroxylation sites is 1. The van der Waals surface area contributed by atoms with Crippen molar-refractivity contribution in [1.82, 2.24) is 0 Å². The van der Waals surface area contributed by atoms with Gasteiger partial charge in [-0.15, -0.1) is 0 Å². The van der Waals surface area contributed by atoms with Crippen LogP contribution in [0.15, 0.2) is 42.5 Å². The molecule has 0 radical (unpaired) electrons. The van der Waals surface area contributed by atoms with Gasteiger partial charge in [-0.05, 0) is 51.0 Å². The van der Waals surface area contributed by atoms with Gasteiger partial charge in [-0.1, -0.05) is 24.3 Å². The lowest BCUT2D eigenvalue weighted by atomic mass is 10.1. The fourth-order valence-electron chi connectivity index (χ4n) is 2.39. The van der Waals surface area contributed by atoms with Crippen molar-refractivity contribution < 1.29 is 9.53 Å². The van der Waals surface area contributed by atoms with Gasteiger partial charge in [0.2, 0.25) is 5.91 Å². The van der Waals surface area contributed by atoms with E-state index in [1.165, 1.54) is 0 Å². The molecule has 0 aliphatic carbocycles. The third-order valence-corrected chi connectivity index (χ3v) is 3.40. The van der Waals surface area contributed by atoms with Gasteiger partial charge in [0.25, 0.3) is 0 Å². The van der Waals surface area contributed by atoms with E-state index < -0.39 is 0 Å². The van der Waals surface area contributed by atoms with Crippen LogP contribution in [0.25, 0.3) is 0 Å². The van der Waals surface area contributed by atoms with Crippen LogP contribution in [-0.2, 0) is 4.79 Å². The Morgan fingerprint density at radius 3 is 2.39 bits per heavy atom. The molecule has 0 aliphatic rings. The summed E-state index contributed by atoms with van der Waals surface area (Å²) in [5.74, 6) is 0.662. The number of benzene rings is 2. The molecule has 0 unspecified atom stereocenters. The standard InChI is InChI=1S/C19H24N2O2/c1-13(2)23-17-10-6-9-16(11-17)21-18(22)12-20-19-14(3)7-5-8-15(19)4/h5-11,13,20H,12H2,1-4H3,(H,21,22). The molecule has 1 amide bonds. The van der Waals surface area contributed by atoms with Gasteiger partial charge in [0, 0.05) is 17.4 Å². The molecule has 0 aliphatic heterocycles. The van der Waals surface area contributed by atoms with Crippen molar-refractivity contribution in [3.8, 4) is 5.75 Å². The predicted molar refractivity (Wildman–Crippen MR) is 95.2 cm³/mol. The maximum atomic E-state index is 12.1. The highest BCUT2D eigenvalue weighted by molar-refractivity contribution is 5.94. The number of hydrogen-bond donors (Lipinski definition) is 2. The number of amides is 1. The molecule has 0 bridgehead atoms. The summed E-state index contributed by atoms with van der Waals surface area (Å²) in [7, 11) is 0. The average Bonchev–Trinajstić information content (AvgIpc) is 2.46. The summed E-state index contributed by atoms with van der Waals surface area (Å²) in [6.07, 6.45) is 0.103. The maximum Gasteiger partial charge on any atom is 0.243 e. The number of nitrogens with one attached hydrogen (secondary N) is 2. The minimum atomic E-state index is -0.0886. The van der Waals surface area contributed by atoms with Crippen molar-refractivity contribution in [2.24, 2.45) is 0 Å². The molecule has 0 heterocycles. The van der Waals surface area contributed by atoms with Gasteiger partial charge in [-0.25, -0.2) is 0 Å². The first-order valence-electron chi connectivity index (χ1n) is 7.82. The maximum absolute atomic E-state index is 12.1. The van der Waals surface area contributed by atoms with E-state index in [9.17, 15) is 4.79 Å². The first-order chi connectivity index (χ1) is 11.0. The zero-order valence-corrected chi connectivity index (χ0v) is 14.1. The first kappa shape index (κ1) is 16.9. The van der Waals surface area contributed by atoms with Gasteiger partial charge in [-0.2, -0.15) is 0 Å². The quantitative estimate of drug-likeness (QED) is 0.843. The van der Waals surface area contributed by atoms with Crippen LogP contribution < -0.4 is 15.4 Å². The molecule has 2 N–H and O–H groups in total. The second-order valence-corrected chi connectivity index (χ2v) is 5.86. The zero-order valence-electron chi connectivity index (χ0n) is 14.1. The van der Waals surface area contributed by atoms with Gasteiger partial charge in [0.15, 0.2) is 0 Å². The fraction of sp³-hybridized carbons (Fsp3) is 0.316. The van der Waals surface area contributed by atoms with Crippen molar-refractivity contribution in [3.63, 3.8) is 0 Å². The summed E-state index contributed by atoms with van der Waals surface area (Å²) in [6.45, 7) is 8.22. The van der Waals surface area contributed by atoms with Crippen molar-refractivity contribution in [2.75, 3.05) is 17.2 Å². The number of aryl methyl sites for hydroxylation is 2.